The Bertz CT molecular complexity index is 510. The maximum Gasteiger partial charge on any atom is 0.0896 e. The smallest absolute Gasteiger partial charge is 0.0896 e. The fourth-order valence-electron chi connectivity index (χ4n) is 2.51. The van der Waals surface area contributed by atoms with E-state index < -0.39 is 0 Å². The molecule has 1 aliphatic rings. The Morgan fingerprint density at radius 1 is 1.58 bits per heavy atom. The number of ether oxygens (including phenoxy) is 1. The molecule has 1 N–H and O–H groups in total. The van der Waals surface area contributed by atoms with E-state index in [1.807, 2.05) is 29.6 Å². The average molecular weight is 278 g/mol. The van der Waals surface area contributed by atoms with E-state index in [0.29, 0.717) is 5.92 Å². The molecule has 0 aliphatic carbocycles. The van der Waals surface area contributed by atoms with Gasteiger partial charge in [-0.2, -0.15) is 5.10 Å². The molecule has 2 atom stereocenters. The van der Waals surface area contributed by atoms with Gasteiger partial charge in [-0.3, -0.25) is 4.68 Å². The van der Waals surface area contributed by atoms with Gasteiger partial charge in [0, 0.05) is 49.8 Å². The lowest BCUT2D eigenvalue weighted by atomic mass is 9.97. The number of nitrogens with zero attached hydrogens (tertiary/aromatic N) is 3. The normalized spacial score (nSPS) is 23.0. The lowest BCUT2D eigenvalue weighted by molar-refractivity contribution is 0.0904. The Morgan fingerprint density at radius 3 is 3.26 bits per heavy atom. The van der Waals surface area contributed by atoms with Crippen LogP contribution in [0.1, 0.15) is 23.8 Å². The zero-order chi connectivity index (χ0) is 13.1. The maximum absolute atomic E-state index is 5.85. The molecule has 2 aromatic rings. The molecule has 2 aromatic heterocycles. The first-order valence-electron chi connectivity index (χ1n) is 6.51. The van der Waals surface area contributed by atoms with Crippen molar-refractivity contribution < 1.29 is 4.74 Å². The van der Waals surface area contributed by atoms with E-state index in [2.05, 4.69) is 20.8 Å². The van der Waals surface area contributed by atoms with Gasteiger partial charge in [0.15, 0.2) is 0 Å². The summed E-state index contributed by atoms with van der Waals surface area (Å²) in [5, 5.41) is 9.78. The number of nitrogens with one attached hydrogen (secondary N) is 1. The molecule has 0 bridgehead atoms. The molecule has 0 unspecified atom stereocenters. The Balaban J connectivity index is 1.55. The number of aryl methyl sites for hydroxylation is 1. The van der Waals surface area contributed by atoms with E-state index in [1.54, 1.807) is 11.3 Å². The average Bonchev–Trinajstić information content (AvgIpc) is 3.10. The van der Waals surface area contributed by atoms with Gasteiger partial charge in [-0.25, -0.2) is 4.98 Å². The van der Waals surface area contributed by atoms with Gasteiger partial charge in [0.25, 0.3) is 0 Å². The monoisotopic (exact) mass is 278 g/mol. The van der Waals surface area contributed by atoms with E-state index >= 15 is 0 Å². The van der Waals surface area contributed by atoms with Crippen molar-refractivity contribution in [1.82, 2.24) is 20.1 Å². The first-order chi connectivity index (χ1) is 9.33. The van der Waals surface area contributed by atoms with Gasteiger partial charge >= 0.3 is 0 Å². The highest BCUT2D eigenvalue weighted by atomic mass is 32.1. The van der Waals surface area contributed by atoms with Crippen LogP contribution in [0.2, 0.25) is 0 Å². The molecule has 3 rings (SSSR count). The minimum absolute atomic E-state index is 0.177. The molecule has 102 valence electrons. The van der Waals surface area contributed by atoms with Gasteiger partial charge in [-0.1, -0.05) is 0 Å². The molecule has 0 saturated carbocycles. The van der Waals surface area contributed by atoms with Crippen LogP contribution in [-0.2, 0) is 18.3 Å². The quantitative estimate of drug-likeness (QED) is 0.905. The summed E-state index contributed by atoms with van der Waals surface area (Å²) in [6, 6.07) is 0. The first kappa shape index (κ1) is 12.8. The van der Waals surface area contributed by atoms with Crippen molar-refractivity contribution in [2.45, 2.75) is 19.1 Å². The van der Waals surface area contributed by atoms with Gasteiger partial charge in [-0.15, -0.1) is 11.3 Å². The summed E-state index contributed by atoms with van der Waals surface area (Å²) in [5.41, 5.74) is 4.16. The molecular weight excluding hydrogens is 260 g/mol. The molecule has 1 saturated heterocycles. The molecule has 0 amide bonds. The van der Waals surface area contributed by atoms with Crippen LogP contribution in [0.5, 0.6) is 0 Å². The van der Waals surface area contributed by atoms with Crippen LogP contribution in [0, 0.1) is 5.92 Å². The van der Waals surface area contributed by atoms with Crippen molar-refractivity contribution in [3.05, 3.63) is 34.5 Å². The number of aromatic nitrogens is 3. The van der Waals surface area contributed by atoms with E-state index in [0.717, 1.165) is 31.8 Å². The fourth-order valence-corrected chi connectivity index (χ4v) is 3.07. The summed E-state index contributed by atoms with van der Waals surface area (Å²) < 4.78 is 7.68. The Kier molecular flexibility index (Phi) is 3.91. The third-order valence-electron chi connectivity index (χ3n) is 3.46. The minimum atomic E-state index is 0.177. The third kappa shape index (κ3) is 3.02. The second-order valence-electron chi connectivity index (χ2n) is 4.90. The van der Waals surface area contributed by atoms with Crippen molar-refractivity contribution in [2.75, 3.05) is 13.2 Å². The van der Waals surface area contributed by atoms with Crippen LogP contribution in [0.4, 0.5) is 0 Å². The maximum atomic E-state index is 5.85. The Morgan fingerprint density at radius 2 is 2.53 bits per heavy atom. The summed E-state index contributed by atoms with van der Waals surface area (Å²) >= 11 is 1.64. The van der Waals surface area contributed by atoms with Crippen LogP contribution in [0.3, 0.4) is 0 Å². The summed E-state index contributed by atoms with van der Waals surface area (Å²) in [5.74, 6) is 0.517. The minimum Gasteiger partial charge on any atom is -0.373 e. The topological polar surface area (TPSA) is 52.0 Å². The van der Waals surface area contributed by atoms with Gasteiger partial charge in [0.2, 0.25) is 0 Å². The van der Waals surface area contributed by atoms with Crippen molar-refractivity contribution >= 4 is 11.3 Å². The SMILES string of the molecule is Cn1cc([C@@H]2OCC[C@@H]2CNCc2cscn2)cn1. The van der Waals surface area contributed by atoms with Crippen molar-refractivity contribution in [2.24, 2.45) is 13.0 Å². The molecule has 6 heteroatoms. The van der Waals surface area contributed by atoms with Gasteiger partial charge < -0.3 is 10.1 Å². The molecule has 1 fully saturated rings. The van der Waals surface area contributed by atoms with Crippen molar-refractivity contribution in [1.29, 1.82) is 0 Å². The predicted molar refractivity (Wildman–Crippen MR) is 73.8 cm³/mol. The molecule has 5 nitrogen and oxygen atoms in total. The number of thiazole rings is 1. The summed E-state index contributed by atoms with van der Waals surface area (Å²) in [7, 11) is 1.94. The standard InChI is InChI=1S/C13H18N4OS/c1-17-7-11(5-16-17)13-10(2-3-18-13)4-14-6-12-8-19-9-15-12/h5,7-10,13-14H,2-4,6H2,1H3/t10-,13-/m1/s1. The lowest BCUT2D eigenvalue weighted by Gasteiger charge is -2.17. The van der Waals surface area contributed by atoms with Crippen molar-refractivity contribution in [3.8, 4) is 0 Å². The number of rotatable bonds is 5. The van der Waals surface area contributed by atoms with E-state index in [1.165, 1.54) is 5.56 Å². The molecule has 19 heavy (non-hydrogen) atoms. The molecule has 0 radical (unpaired) electrons. The highest BCUT2D eigenvalue weighted by molar-refractivity contribution is 7.07. The highest BCUT2D eigenvalue weighted by Crippen LogP contribution is 2.33. The molecule has 3 heterocycles. The summed E-state index contributed by atoms with van der Waals surface area (Å²) in [4.78, 5) is 4.27. The second kappa shape index (κ2) is 5.81. The first-order valence-corrected chi connectivity index (χ1v) is 7.45. The molecule has 0 aromatic carbocycles. The number of hydrogen-bond acceptors (Lipinski definition) is 5. The Labute approximate surface area is 116 Å². The molecule has 1 aliphatic heterocycles. The van der Waals surface area contributed by atoms with Crippen LogP contribution < -0.4 is 5.32 Å². The fraction of sp³-hybridized carbons (Fsp3) is 0.538. The van der Waals surface area contributed by atoms with E-state index in [-0.39, 0.29) is 6.10 Å². The van der Waals surface area contributed by atoms with E-state index in [9.17, 15) is 0 Å². The lowest BCUT2D eigenvalue weighted by Crippen LogP contribution is -2.24. The zero-order valence-corrected chi connectivity index (χ0v) is 11.8. The van der Waals surface area contributed by atoms with Gasteiger partial charge in [-0.05, 0) is 6.42 Å². The molecular formula is C13H18N4OS. The van der Waals surface area contributed by atoms with Crippen LogP contribution in [-0.4, -0.2) is 27.9 Å². The third-order valence-corrected chi connectivity index (χ3v) is 4.10. The van der Waals surface area contributed by atoms with Gasteiger partial charge in [0.05, 0.1) is 23.5 Å². The predicted octanol–water partition coefficient (Wildman–Crippen LogP) is 1.74. The highest BCUT2D eigenvalue weighted by Gasteiger charge is 2.30. The van der Waals surface area contributed by atoms with Crippen molar-refractivity contribution in [3.63, 3.8) is 0 Å². The largest absolute Gasteiger partial charge is 0.373 e. The second-order valence-corrected chi connectivity index (χ2v) is 5.62. The van der Waals surface area contributed by atoms with E-state index in [4.69, 9.17) is 4.74 Å². The van der Waals surface area contributed by atoms with Gasteiger partial charge in [0.1, 0.15) is 0 Å². The van der Waals surface area contributed by atoms with Crippen LogP contribution in [0.15, 0.2) is 23.3 Å². The molecule has 0 spiro atoms. The Hall–Kier alpha value is -1.24. The summed E-state index contributed by atoms with van der Waals surface area (Å²) in [6.45, 7) is 2.62. The summed E-state index contributed by atoms with van der Waals surface area (Å²) in [6.07, 6.45) is 5.23. The zero-order valence-electron chi connectivity index (χ0n) is 11.0. The van der Waals surface area contributed by atoms with Crippen LogP contribution >= 0.6 is 11.3 Å². The number of hydrogen-bond donors (Lipinski definition) is 1. The van der Waals surface area contributed by atoms with Crippen LogP contribution in [0.25, 0.3) is 0 Å².